The van der Waals surface area contributed by atoms with Crippen LogP contribution in [0.15, 0.2) is 241 Å². The van der Waals surface area contributed by atoms with E-state index in [2.05, 4.69) is 0 Å². The topological polar surface area (TPSA) is 205 Å². The van der Waals surface area contributed by atoms with Crippen LogP contribution < -0.4 is 0 Å². The molecule has 0 N–H and O–H groups in total. The van der Waals surface area contributed by atoms with Crippen LogP contribution in [-0.4, -0.2) is 121 Å². The Kier molecular flexibility index (Phi) is 17.6. The van der Waals surface area contributed by atoms with Crippen molar-refractivity contribution in [1.29, 1.82) is 0 Å². The second-order valence-electron chi connectivity index (χ2n) is 24.4. The van der Waals surface area contributed by atoms with Crippen LogP contribution in [-0.2, 0) is 83.3 Å². The lowest BCUT2D eigenvalue weighted by atomic mass is 9.74. The number of nitrogens with zero attached hydrogens (tertiary/aromatic N) is 2. The molecule has 0 aliphatic heterocycles. The zero-order chi connectivity index (χ0) is 62.7. The highest BCUT2D eigenvalue weighted by Gasteiger charge is 2.34. The Hall–Kier alpha value is -6.27. The molecule has 0 heterocycles. The van der Waals surface area contributed by atoms with E-state index in [9.17, 15) is 50.5 Å². The summed E-state index contributed by atoms with van der Waals surface area (Å²) in [4.78, 5) is 1.68. The Labute approximate surface area is 504 Å². The lowest BCUT2D eigenvalue weighted by molar-refractivity contribution is -0.884. The molecule has 0 radical (unpaired) electrons. The second-order valence-corrected chi connectivity index (χ2v) is 39.8. The number of hydrogen-bond donors (Lipinski definition) is 0. The maximum Gasteiger partial charge on any atom is 0.206 e. The van der Waals surface area contributed by atoms with Gasteiger partial charge in [-0.25, -0.2) is 50.5 Å². The SMILES string of the molecule is Cc1ccc(S(=O)(=O)c2ccc(S(=O)(=O)c3ccc(C(C)(C)c4ccc(S(=O)(=O)Cc5ccc(S(=O)(=O)c6ccc(S(=O)(=O)c7ccc(S(C)(C)c8ccc(S(C)(=O)=O)cc8)cc7)cc6)cc5)cc4C[N+](C)(C)C)c(C[N+](C)(C)C)c3)cc2)cc1. The summed E-state index contributed by atoms with van der Waals surface area (Å²) in [6, 6.07) is 45.3. The molecule has 450 valence electrons. The van der Waals surface area contributed by atoms with E-state index in [1.54, 1.807) is 78.9 Å². The number of rotatable bonds is 20. The molecule has 0 atom stereocenters. The van der Waals surface area contributed by atoms with E-state index in [1.807, 2.05) is 81.6 Å². The summed E-state index contributed by atoms with van der Waals surface area (Å²) in [5, 5.41) is 0. The van der Waals surface area contributed by atoms with Gasteiger partial charge in [0.25, 0.3) is 0 Å². The molecule has 0 unspecified atom stereocenters. The van der Waals surface area contributed by atoms with Gasteiger partial charge in [0.15, 0.2) is 19.7 Å². The molecule has 0 aliphatic carbocycles. The van der Waals surface area contributed by atoms with Crippen molar-refractivity contribution < 1.29 is 59.5 Å². The van der Waals surface area contributed by atoms with Crippen LogP contribution in [0.1, 0.15) is 47.2 Å². The van der Waals surface area contributed by atoms with E-state index >= 15 is 0 Å². The van der Waals surface area contributed by atoms with Crippen molar-refractivity contribution in [1.82, 2.24) is 0 Å². The lowest BCUT2D eigenvalue weighted by Crippen LogP contribution is -2.36. The molecule has 8 rings (SSSR count). The molecular formula is C64H72N2O12S7+2. The minimum absolute atomic E-state index is 0.00623. The molecule has 0 bridgehead atoms. The average Bonchev–Trinajstić information content (AvgIpc) is 1.31. The quantitative estimate of drug-likeness (QED) is 0.0654. The zero-order valence-electron chi connectivity index (χ0n) is 49.6. The van der Waals surface area contributed by atoms with Crippen molar-refractivity contribution in [2.45, 2.75) is 104 Å². The molecule has 85 heavy (non-hydrogen) atoms. The number of sulfone groups is 6. The zero-order valence-corrected chi connectivity index (χ0v) is 55.3. The average molecular weight is 1290 g/mol. The Bertz CT molecular complexity index is 4560. The van der Waals surface area contributed by atoms with Gasteiger partial charge in [-0.2, -0.15) is 10.0 Å². The summed E-state index contributed by atoms with van der Waals surface area (Å²) in [5.41, 5.74) is 3.60. The molecule has 0 aliphatic rings. The van der Waals surface area contributed by atoms with Gasteiger partial charge in [0.05, 0.1) is 97.0 Å². The summed E-state index contributed by atoms with van der Waals surface area (Å²) in [7, 11) is -13.4. The minimum Gasteiger partial charge on any atom is -0.327 e. The first-order chi connectivity index (χ1) is 39.1. The van der Waals surface area contributed by atoms with Gasteiger partial charge in [-0.1, -0.05) is 55.8 Å². The fourth-order valence-electron chi connectivity index (χ4n) is 10.2. The molecule has 21 heteroatoms. The molecule has 8 aromatic carbocycles. The van der Waals surface area contributed by atoms with Crippen molar-refractivity contribution in [2.75, 3.05) is 61.1 Å². The third-order valence-electron chi connectivity index (χ3n) is 14.8. The van der Waals surface area contributed by atoms with Crippen LogP contribution in [0.4, 0.5) is 0 Å². The van der Waals surface area contributed by atoms with Crippen LogP contribution in [0.3, 0.4) is 0 Å². The van der Waals surface area contributed by atoms with Gasteiger partial charge >= 0.3 is 0 Å². The first kappa shape index (κ1) is 64.7. The van der Waals surface area contributed by atoms with Gasteiger partial charge in [0.1, 0.15) is 13.1 Å². The highest BCUT2D eigenvalue weighted by atomic mass is 32.3. The predicted molar refractivity (Wildman–Crippen MR) is 334 cm³/mol. The maximum atomic E-state index is 14.4. The molecule has 0 amide bonds. The number of quaternary nitrogens is 2. The molecule has 14 nitrogen and oxygen atoms in total. The van der Waals surface area contributed by atoms with Gasteiger partial charge in [-0.05, 0) is 192 Å². The molecule has 8 aromatic rings. The third kappa shape index (κ3) is 14.0. The molecule has 0 aromatic heterocycles. The summed E-state index contributed by atoms with van der Waals surface area (Å²) >= 11 is 0. The first-order valence-electron chi connectivity index (χ1n) is 26.7. The smallest absolute Gasteiger partial charge is 0.206 e. The Morgan fingerprint density at radius 2 is 0.588 bits per heavy atom. The van der Waals surface area contributed by atoms with E-state index in [-0.39, 0.29) is 49.0 Å². The standard InChI is InChI=1S/C64H72N2O12S7/c1-46-13-17-53(18-14-46)82(71,72)56-33-35-59(36-34-56)85(77,78)61-38-40-63(49(42-61)44-66(7,8)9)64(2,3)62-39-37-60(41-48(62)43-65(4,5)6)81(69,70)45-47-15-19-54(20-16-47)83(73,74)57-29-31-58(32-30-57)84(75,76)55-27-23-51(24-28-55)79(10,11)50-21-25-52(26-22-50)80(12,67)68/h13-42H,43-45H2,1-12H3/q+2. The fourth-order valence-corrected chi connectivity index (χ4v) is 19.2. The number of aryl methyl sites for hydroxylation is 1. The highest BCUT2D eigenvalue weighted by molar-refractivity contribution is 8.32. The van der Waals surface area contributed by atoms with Crippen molar-refractivity contribution in [3.63, 3.8) is 0 Å². The van der Waals surface area contributed by atoms with E-state index in [0.29, 0.717) is 27.6 Å². The van der Waals surface area contributed by atoms with Gasteiger partial charge in [0.2, 0.25) is 39.3 Å². The van der Waals surface area contributed by atoms with Crippen molar-refractivity contribution in [3.8, 4) is 0 Å². The van der Waals surface area contributed by atoms with Crippen molar-refractivity contribution >= 4 is 69.1 Å². The molecular weight excluding hydrogens is 1210 g/mol. The van der Waals surface area contributed by atoms with Crippen LogP contribution in [0, 0.1) is 6.92 Å². The minimum atomic E-state index is -4.18. The first-order valence-corrected chi connectivity index (χ1v) is 38.7. The highest BCUT2D eigenvalue weighted by Crippen LogP contribution is 2.56. The Morgan fingerprint density at radius 1 is 0.329 bits per heavy atom. The van der Waals surface area contributed by atoms with E-state index in [0.717, 1.165) is 43.9 Å². The van der Waals surface area contributed by atoms with Crippen molar-refractivity contribution in [3.05, 3.63) is 215 Å². The van der Waals surface area contributed by atoms with Crippen LogP contribution in [0.2, 0.25) is 0 Å². The van der Waals surface area contributed by atoms with Gasteiger partial charge in [-0.15, -0.1) is 0 Å². The number of benzene rings is 8. The van der Waals surface area contributed by atoms with Crippen molar-refractivity contribution in [2.24, 2.45) is 0 Å². The van der Waals surface area contributed by atoms with E-state index in [1.165, 1.54) is 97.1 Å². The van der Waals surface area contributed by atoms with Crippen LogP contribution >= 0.6 is 10.0 Å². The summed E-state index contributed by atoms with van der Waals surface area (Å²) in [6.07, 6.45) is 5.19. The molecule has 0 saturated heterocycles. The van der Waals surface area contributed by atoms with Gasteiger partial charge in [0, 0.05) is 22.8 Å². The maximum absolute atomic E-state index is 14.4. The normalized spacial score (nSPS) is 13.6. The predicted octanol–water partition coefficient (Wildman–Crippen LogP) is 10.9. The molecule has 0 spiro atoms. The van der Waals surface area contributed by atoms with E-state index in [4.69, 9.17) is 0 Å². The van der Waals surface area contributed by atoms with E-state index < -0.39 is 80.2 Å². The Morgan fingerprint density at radius 3 is 0.918 bits per heavy atom. The van der Waals surface area contributed by atoms with Crippen LogP contribution in [0.25, 0.3) is 0 Å². The summed E-state index contributed by atoms with van der Waals surface area (Å²) in [5.74, 6) is -0.445. The largest absolute Gasteiger partial charge is 0.327 e. The summed E-state index contributed by atoms with van der Waals surface area (Å²) < 4.78 is 164. The fraction of sp³-hybridized carbons (Fsp3) is 0.250. The summed E-state index contributed by atoms with van der Waals surface area (Å²) in [6.45, 7) is 6.75. The second kappa shape index (κ2) is 23.1. The third-order valence-corrected chi connectivity index (χ3v) is 27.7. The Balaban J connectivity index is 1.01. The number of hydrogen-bond acceptors (Lipinski definition) is 12. The van der Waals surface area contributed by atoms with Crippen LogP contribution in [0.5, 0.6) is 0 Å². The molecule has 0 fully saturated rings. The molecule has 0 saturated carbocycles. The van der Waals surface area contributed by atoms with Gasteiger partial charge in [-0.3, -0.25) is 0 Å². The lowest BCUT2D eigenvalue weighted by Gasteiger charge is -2.34. The monoisotopic (exact) mass is 1280 g/mol. The van der Waals surface area contributed by atoms with Gasteiger partial charge < -0.3 is 8.97 Å².